The van der Waals surface area contributed by atoms with Gasteiger partial charge >= 0.3 is 0 Å². The van der Waals surface area contributed by atoms with Gasteiger partial charge in [0.15, 0.2) is 6.23 Å². The van der Waals surface area contributed by atoms with Gasteiger partial charge in [-0.1, -0.05) is 19.6 Å². The number of aromatic nitrogens is 6. The molecule has 0 aliphatic carbocycles. The fourth-order valence-electron chi connectivity index (χ4n) is 4.99. The number of benzene rings is 1. The normalized spacial score (nSPS) is 15.6. The highest BCUT2D eigenvalue weighted by atomic mass is 127. The maximum absolute atomic E-state index is 13.1. The van der Waals surface area contributed by atoms with E-state index in [1.807, 2.05) is 18.7 Å². The van der Waals surface area contributed by atoms with E-state index in [4.69, 9.17) is 14.6 Å². The van der Waals surface area contributed by atoms with E-state index in [1.165, 1.54) is 0 Å². The molecule has 10 nitrogen and oxygen atoms in total. The molecule has 1 aromatic carbocycles. The Morgan fingerprint density at radius 2 is 2.10 bits per heavy atom. The zero-order chi connectivity index (χ0) is 27.7. The first-order valence-electron chi connectivity index (χ1n) is 13.2. The van der Waals surface area contributed by atoms with Crippen LogP contribution < -0.4 is 4.74 Å². The van der Waals surface area contributed by atoms with Crippen LogP contribution >= 0.6 is 22.6 Å². The predicted octanol–water partition coefficient (Wildman–Crippen LogP) is 4.83. The molecule has 0 N–H and O–H groups in total. The third-order valence-corrected chi connectivity index (χ3v) is 8.29. The second-order valence-corrected chi connectivity index (χ2v) is 10.8. The lowest BCUT2D eigenvalue weighted by Crippen LogP contribution is -2.32. The van der Waals surface area contributed by atoms with Gasteiger partial charge in [0.2, 0.25) is 5.88 Å². The quantitative estimate of drug-likeness (QED) is 0.243. The second-order valence-electron chi connectivity index (χ2n) is 9.74. The van der Waals surface area contributed by atoms with E-state index in [1.54, 1.807) is 40.6 Å². The molecular formula is C28H34IN7O3. The molecule has 39 heavy (non-hydrogen) atoms. The number of carbonyl (C=O) groups is 1. The molecule has 1 fully saturated rings. The van der Waals surface area contributed by atoms with Crippen molar-refractivity contribution in [2.75, 3.05) is 26.8 Å². The molecule has 0 spiro atoms. The Balaban J connectivity index is 1.34. The van der Waals surface area contributed by atoms with Gasteiger partial charge in [-0.3, -0.25) is 9.48 Å². The third kappa shape index (κ3) is 5.21. The number of likely N-dealkylation sites (N-methyl/N-ethyl adjacent to an activating group) is 1. The number of nitrogens with zero attached hydrogens (tertiary/aromatic N) is 7. The van der Waals surface area contributed by atoms with Gasteiger partial charge in [0, 0.05) is 33.1 Å². The van der Waals surface area contributed by atoms with Crippen molar-refractivity contribution >= 4 is 45.5 Å². The summed E-state index contributed by atoms with van der Waals surface area (Å²) in [5.41, 5.74) is 5.21. The molecule has 1 saturated heterocycles. The van der Waals surface area contributed by atoms with Crippen LogP contribution in [0, 0.1) is 3.57 Å². The molecular weight excluding hydrogens is 609 g/mol. The number of ether oxygens (including phenoxy) is 2. The third-order valence-electron chi connectivity index (χ3n) is 7.16. The summed E-state index contributed by atoms with van der Waals surface area (Å²) in [4.78, 5) is 14.8. The zero-order valence-electron chi connectivity index (χ0n) is 22.9. The topological polar surface area (TPSA) is 92.2 Å². The number of hydrogen-bond donors (Lipinski definition) is 0. The standard InChI is InChI=1S/C28H34IN7O3/c1-6-21-19-16-18(11-12-23(19)36(32-21)24-10-8-9-14-38-24)20-17-30-35(5)28(20)39-15-13-33(3)27(37)26-25(29)22(7-2)31-34(26)4/h6,11-12,16-17,24H,1,7-10,13-15H2,2-5H3. The Kier molecular flexibility index (Phi) is 8.08. The minimum Gasteiger partial charge on any atom is -0.476 e. The van der Waals surface area contributed by atoms with E-state index in [9.17, 15) is 4.79 Å². The monoisotopic (exact) mass is 643 g/mol. The van der Waals surface area contributed by atoms with E-state index in [0.29, 0.717) is 24.7 Å². The van der Waals surface area contributed by atoms with Crippen molar-refractivity contribution in [1.82, 2.24) is 34.2 Å². The summed E-state index contributed by atoms with van der Waals surface area (Å²) < 4.78 is 18.5. The summed E-state index contributed by atoms with van der Waals surface area (Å²) in [6, 6.07) is 6.24. The molecule has 5 rings (SSSR count). The maximum atomic E-state index is 13.1. The van der Waals surface area contributed by atoms with Crippen molar-refractivity contribution in [2.24, 2.45) is 14.1 Å². The summed E-state index contributed by atoms with van der Waals surface area (Å²) in [5, 5.41) is 14.7. The van der Waals surface area contributed by atoms with Gasteiger partial charge in [-0.2, -0.15) is 15.3 Å². The summed E-state index contributed by atoms with van der Waals surface area (Å²) in [6.07, 6.45) is 7.48. The summed E-state index contributed by atoms with van der Waals surface area (Å²) in [7, 11) is 5.44. The predicted molar refractivity (Wildman–Crippen MR) is 159 cm³/mol. The lowest BCUT2D eigenvalue weighted by atomic mass is 10.1. The molecule has 11 heteroatoms. The van der Waals surface area contributed by atoms with Gasteiger partial charge in [0.25, 0.3) is 5.91 Å². The van der Waals surface area contributed by atoms with Crippen LogP contribution in [0.15, 0.2) is 31.0 Å². The number of aryl methyl sites for hydroxylation is 3. The second kappa shape index (κ2) is 11.5. The van der Waals surface area contributed by atoms with Crippen LogP contribution in [0.3, 0.4) is 0 Å². The van der Waals surface area contributed by atoms with E-state index in [2.05, 4.69) is 57.6 Å². The van der Waals surface area contributed by atoms with Crippen molar-refractivity contribution < 1.29 is 14.3 Å². The van der Waals surface area contributed by atoms with Crippen molar-refractivity contribution in [3.8, 4) is 17.0 Å². The summed E-state index contributed by atoms with van der Waals surface area (Å²) in [5.74, 6) is 0.561. The number of amides is 1. The number of hydrogen-bond acceptors (Lipinski definition) is 6. The zero-order valence-corrected chi connectivity index (χ0v) is 25.0. The lowest BCUT2D eigenvalue weighted by molar-refractivity contribution is -0.0367. The number of fused-ring (bicyclic) bond motifs is 1. The molecule has 206 valence electrons. The van der Waals surface area contributed by atoms with Crippen LogP contribution in [0.2, 0.25) is 0 Å². The Morgan fingerprint density at radius 3 is 2.79 bits per heavy atom. The van der Waals surface area contributed by atoms with E-state index in [-0.39, 0.29) is 12.1 Å². The van der Waals surface area contributed by atoms with Crippen LogP contribution in [-0.4, -0.2) is 67.0 Å². The molecule has 0 bridgehead atoms. The first-order valence-corrected chi connectivity index (χ1v) is 14.3. The molecule has 1 aliphatic heterocycles. The van der Waals surface area contributed by atoms with E-state index < -0.39 is 0 Å². The Hall–Kier alpha value is -3.19. The highest BCUT2D eigenvalue weighted by Crippen LogP contribution is 2.35. The molecule has 1 unspecified atom stereocenters. The number of carbonyl (C=O) groups excluding carboxylic acids is 1. The summed E-state index contributed by atoms with van der Waals surface area (Å²) in [6.45, 7) is 7.51. The average molecular weight is 644 g/mol. The number of rotatable bonds is 9. The van der Waals surface area contributed by atoms with Crippen LogP contribution in [0.5, 0.6) is 5.88 Å². The number of halogens is 1. The smallest absolute Gasteiger partial charge is 0.273 e. The molecule has 0 saturated carbocycles. The summed E-state index contributed by atoms with van der Waals surface area (Å²) >= 11 is 2.20. The molecule has 1 atom stereocenters. The van der Waals surface area contributed by atoms with Crippen LogP contribution in [-0.2, 0) is 25.3 Å². The molecule has 1 aliphatic rings. The Morgan fingerprint density at radius 1 is 1.28 bits per heavy atom. The van der Waals surface area contributed by atoms with Gasteiger partial charge in [0.1, 0.15) is 12.3 Å². The van der Waals surface area contributed by atoms with Crippen molar-refractivity contribution in [3.63, 3.8) is 0 Å². The van der Waals surface area contributed by atoms with Crippen LogP contribution in [0.25, 0.3) is 28.1 Å². The van der Waals surface area contributed by atoms with Crippen molar-refractivity contribution in [2.45, 2.75) is 38.8 Å². The average Bonchev–Trinajstić information content (AvgIpc) is 3.60. The van der Waals surface area contributed by atoms with Gasteiger partial charge in [-0.05, 0) is 72.0 Å². The molecule has 4 aromatic rings. The fourth-order valence-corrected chi connectivity index (χ4v) is 6.06. The minimum absolute atomic E-state index is 0.0547. The van der Waals surface area contributed by atoms with Gasteiger partial charge in [-0.15, -0.1) is 0 Å². The highest BCUT2D eigenvalue weighted by Gasteiger charge is 2.24. The van der Waals surface area contributed by atoms with E-state index in [0.717, 1.165) is 69.3 Å². The Bertz CT molecular complexity index is 1510. The van der Waals surface area contributed by atoms with Crippen molar-refractivity contribution in [1.29, 1.82) is 0 Å². The van der Waals surface area contributed by atoms with Gasteiger partial charge in [-0.25, -0.2) is 9.36 Å². The minimum atomic E-state index is -0.0794. The van der Waals surface area contributed by atoms with E-state index >= 15 is 0 Å². The SMILES string of the molecule is C=Cc1nn(C2CCCCO2)c2ccc(-c3cnn(C)c3OCCN(C)C(=O)c3c(I)c(CC)nn3C)cc12. The fraction of sp³-hybridized carbons (Fsp3) is 0.429. The molecule has 0 radical (unpaired) electrons. The first kappa shape index (κ1) is 27.4. The molecule has 1 amide bonds. The highest BCUT2D eigenvalue weighted by molar-refractivity contribution is 14.1. The van der Waals surface area contributed by atoms with Crippen LogP contribution in [0.4, 0.5) is 0 Å². The molecule has 3 aromatic heterocycles. The lowest BCUT2D eigenvalue weighted by Gasteiger charge is -2.23. The van der Waals surface area contributed by atoms with Crippen molar-refractivity contribution in [3.05, 3.63) is 51.6 Å². The van der Waals surface area contributed by atoms with Gasteiger partial charge < -0.3 is 14.4 Å². The maximum Gasteiger partial charge on any atom is 0.273 e. The van der Waals surface area contributed by atoms with Gasteiger partial charge in [0.05, 0.1) is 38.8 Å². The largest absolute Gasteiger partial charge is 0.476 e. The molecule has 4 heterocycles. The Labute approximate surface area is 241 Å². The van der Waals surface area contributed by atoms with Crippen LogP contribution in [0.1, 0.15) is 54.3 Å². The first-order chi connectivity index (χ1) is 18.8.